The molecule has 4 N–H and O–H groups in total. The van der Waals surface area contributed by atoms with Crippen molar-refractivity contribution in [3.8, 4) is 0 Å². The number of anilines is 1. The maximum absolute atomic E-state index is 10.8. The van der Waals surface area contributed by atoms with Gasteiger partial charge in [0.25, 0.3) is 0 Å². The predicted molar refractivity (Wildman–Crippen MR) is 49.0 cm³/mol. The van der Waals surface area contributed by atoms with E-state index >= 15 is 0 Å². The van der Waals surface area contributed by atoms with Crippen LogP contribution < -0.4 is 16.6 Å². The Morgan fingerprint density at radius 1 is 1.69 bits per heavy atom. The molecule has 0 unspecified atom stereocenters. The molecule has 13 heavy (non-hydrogen) atoms. The maximum Gasteiger partial charge on any atom is 0.334 e. The van der Waals surface area contributed by atoms with Gasteiger partial charge in [-0.15, -0.1) is 0 Å². The fourth-order valence-electron chi connectivity index (χ4n) is 0.845. The molecule has 0 fully saturated rings. The summed E-state index contributed by atoms with van der Waals surface area (Å²) >= 11 is 0. The lowest BCUT2D eigenvalue weighted by Gasteiger charge is -2.03. The first-order chi connectivity index (χ1) is 6.13. The lowest BCUT2D eigenvalue weighted by atomic mass is 10.4. The molecule has 6 heteroatoms. The molecule has 1 heterocycles. The molecular formula is C7H13N5O. The van der Waals surface area contributed by atoms with Gasteiger partial charge in [0.1, 0.15) is 0 Å². The number of urea groups is 1. The zero-order chi connectivity index (χ0) is 9.84. The van der Waals surface area contributed by atoms with Gasteiger partial charge in [0.15, 0.2) is 5.82 Å². The quantitative estimate of drug-likeness (QED) is 0.353. The smallest absolute Gasteiger partial charge is 0.290 e. The molecule has 0 atom stereocenters. The minimum absolute atomic E-state index is 0.275. The van der Waals surface area contributed by atoms with Crippen molar-refractivity contribution in [3.05, 3.63) is 12.3 Å². The molecular weight excluding hydrogens is 170 g/mol. The molecule has 1 rings (SSSR count). The summed E-state index contributed by atoms with van der Waals surface area (Å²) in [5, 5.41) is 6.55. The number of nitrogens with zero attached hydrogens (tertiary/aromatic N) is 2. The average molecular weight is 183 g/mol. The number of amides is 2. The van der Waals surface area contributed by atoms with Crippen LogP contribution in [0.25, 0.3) is 0 Å². The van der Waals surface area contributed by atoms with Crippen molar-refractivity contribution < 1.29 is 4.79 Å². The van der Waals surface area contributed by atoms with Crippen LogP contribution in [0.4, 0.5) is 10.6 Å². The third-order valence-electron chi connectivity index (χ3n) is 1.51. The topological polar surface area (TPSA) is 85.0 Å². The van der Waals surface area contributed by atoms with Gasteiger partial charge in [-0.2, -0.15) is 5.10 Å². The van der Waals surface area contributed by atoms with Crippen LogP contribution in [0.2, 0.25) is 0 Å². The summed E-state index contributed by atoms with van der Waals surface area (Å²) in [7, 11) is 0. The first-order valence-corrected chi connectivity index (χ1v) is 3.96. The molecule has 0 aliphatic carbocycles. The van der Waals surface area contributed by atoms with Crippen LogP contribution in [-0.4, -0.2) is 15.8 Å². The van der Waals surface area contributed by atoms with E-state index in [-0.39, 0.29) is 6.04 Å². The van der Waals surface area contributed by atoms with E-state index < -0.39 is 6.03 Å². The number of carbonyl (C=O) groups is 1. The molecule has 0 aliphatic rings. The van der Waals surface area contributed by atoms with E-state index in [1.54, 1.807) is 16.9 Å². The van der Waals surface area contributed by atoms with Crippen molar-refractivity contribution in [3.63, 3.8) is 0 Å². The second kappa shape index (κ2) is 3.90. The van der Waals surface area contributed by atoms with E-state index in [1.165, 1.54) is 0 Å². The SMILES string of the molecule is CC(C)n1ccc(NC(=O)NN)n1. The Kier molecular flexibility index (Phi) is 2.86. The van der Waals surface area contributed by atoms with Crippen molar-refractivity contribution >= 4 is 11.8 Å². The van der Waals surface area contributed by atoms with E-state index in [4.69, 9.17) is 5.84 Å². The highest BCUT2D eigenvalue weighted by molar-refractivity contribution is 5.87. The second-order valence-corrected chi connectivity index (χ2v) is 2.87. The van der Waals surface area contributed by atoms with Crippen molar-refractivity contribution in [2.45, 2.75) is 19.9 Å². The molecule has 0 saturated carbocycles. The van der Waals surface area contributed by atoms with Crippen LogP contribution in [0.3, 0.4) is 0 Å². The Labute approximate surface area is 76.1 Å². The summed E-state index contributed by atoms with van der Waals surface area (Å²) in [5.74, 6) is 5.37. The molecule has 0 bridgehead atoms. The van der Waals surface area contributed by atoms with Gasteiger partial charge in [0.2, 0.25) is 0 Å². The third kappa shape index (κ3) is 2.45. The first kappa shape index (κ1) is 9.53. The van der Waals surface area contributed by atoms with E-state index in [2.05, 4.69) is 10.4 Å². The normalized spacial score (nSPS) is 10.2. The zero-order valence-corrected chi connectivity index (χ0v) is 7.61. The largest absolute Gasteiger partial charge is 0.334 e. The van der Waals surface area contributed by atoms with Crippen molar-refractivity contribution in [1.29, 1.82) is 0 Å². The molecule has 0 spiro atoms. The number of aromatic nitrogens is 2. The minimum atomic E-state index is -0.478. The van der Waals surface area contributed by atoms with Gasteiger partial charge in [-0.25, -0.2) is 10.6 Å². The summed E-state index contributed by atoms with van der Waals surface area (Å²) in [6.45, 7) is 4.00. The van der Waals surface area contributed by atoms with Crippen LogP contribution in [0.15, 0.2) is 12.3 Å². The van der Waals surface area contributed by atoms with Crippen LogP contribution in [0.5, 0.6) is 0 Å². The summed E-state index contributed by atoms with van der Waals surface area (Å²) in [4.78, 5) is 10.8. The summed E-state index contributed by atoms with van der Waals surface area (Å²) in [5.41, 5.74) is 1.95. The molecule has 1 aromatic rings. The second-order valence-electron chi connectivity index (χ2n) is 2.87. The fourth-order valence-corrected chi connectivity index (χ4v) is 0.845. The predicted octanol–water partition coefficient (Wildman–Crippen LogP) is 0.459. The number of nitrogens with one attached hydrogen (secondary N) is 2. The van der Waals surface area contributed by atoms with Gasteiger partial charge in [0, 0.05) is 18.3 Å². The summed E-state index contributed by atoms with van der Waals surface area (Å²) in [6, 6.07) is 1.50. The van der Waals surface area contributed by atoms with Gasteiger partial charge >= 0.3 is 6.03 Å². The maximum atomic E-state index is 10.8. The Bertz CT molecular complexity index is 293. The minimum Gasteiger partial charge on any atom is -0.290 e. The fraction of sp³-hybridized carbons (Fsp3) is 0.429. The van der Waals surface area contributed by atoms with Crippen LogP contribution >= 0.6 is 0 Å². The van der Waals surface area contributed by atoms with Crippen molar-refractivity contribution in [1.82, 2.24) is 15.2 Å². The molecule has 0 saturated heterocycles. The average Bonchev–Trinajstić information content (AvgIpc) is 2.52. The Balaban J connectivity index is 2.64. The van der Waals surface area contributed by atoms with Gasteiger partial charge in [-0.05, 0) is 13.8 Å². The van der Waals surface area contributed by atoms with Crippen LogP contribution in [-0.2, 0) is 0 Å². The molecule has 1 aromatic heterocycles. The van der Waals surface area contributed by atoms with Crippen molar-refractivity contribution in [2.75, 3.05) is 5.32 Å². The van der Waals surface area contributed by atoms with Gasteiger partial charge in [0.05, 0.1) is 0 Å². The highest BCUT2D eigenvalue weighted by Gasteiger charge is 2.03. The number of nitrogens with two attached hydrogens (primary N) is 1. The number of rotatable bonds is 2. The molecule has 6 nitrogen and oxygen atoms in total. The standard InChI is InChI=1S/C7H13N5O/c1-5(2)12-4-3-6(11-12)9-7(13)10-8/h3-5H,8H2,1-2H3,(H2,9,10,11,13). The third-order valence-corrected chi connectivity index (χ3v) is 1.51. The molecule has 0 aromatic carbocycles. The van der Waals surface area contributed by atoms with Gasteiger partial charge < -0.3 is 0 Å². The van der Waals surface area contributed by atoms with Gasteiger partial charge in [-0.1, -0.05) is 0 Å². The number of carbonyl (C=O) groups excluding carboxylic acids is 1. The zero-order valence-electron chi connectivity index (χ0n) is 7.61. The van der Waals surface area contributed by atoms with E-state index in [1.807, 2.05) is 19.3 Å². The van der Waals surface area contributed by atoms with E-state index in [0.29, 0.717) is 5.82 Å². The molecule has 0 aliphatic heterocycles. The Morgan fingerprint density at radius 3 is 2.85 bits per heavy atom. The number of hydrogen-bond donors (Lipinski definition) is 3. The molecule has 2 amide bonds. The number of hydrogen-bond acceptors (Lipinski definition) is 3. The summed E-state index contributed by atoms with van der Waals surface area (Å²) < 4.78 is 1.74. The number of hydrazine groups is 1. The van der Waals surface area contributed by atoms with Crippen LogP contribution in [0.1, 0.15) is 19.9 Å². The highest BCUT2D eigenvalue weighted by atomic mass is 16.2. The monoisotopic (exact) mass is 183 g/mol. The molecule has 0 radical (unpaired) electrons. The van der Waals surface area contributed by atoms with E-state index in [9.17, 15) is 4.79 Å². The Hall–Kier alpha value is -1.56. The van der Waals surface area contributed by atoms with Crippen molar-refractivity contribution in [2.24, 2.45) is 5.84 Å². The summed E-state index contributed by atoms with van der Waals surface area (Å²) in [6.07, 6.45) is 1.79. The lowest BCUT2D eigenvalue weighted by molar-refractivity contribution is 0.252. The lowest BCUT2D eigenvalue weighted by Crippen LogP contribution is -2.34. The molecule has 72 valence electrons. The van der Waals surface area contributed by atoms with E-state index in [0.717, 1.165) is 0 Å². The highest BCUT2D eigenvalue weighted by Crippen LogP contribution is 2.07. The van der Waals surface area contributed by atoms with Crippen LogP contribution in [0, 0.1) is 0 Å². The Morgan fingerprint density at radius 2 is 2.38 bits per heavy atom. The van der Waals surface area contributed by atoms with Gasteiger partial charge in [-0.3, -0.25) is 15.4 Å². The first-order valence-electron chi connectivity index (χ1n) is 3.96.